The van der Waals surface area contributed by atoms with E-state index < -0.39 is 59.7 Å². The maximum Gasteiger partial charge on any atom is 0.309 e. The van der Waals surface area contributed by atoms with Crippen LogP contribution in [0, 0.1) is 11.3 Å². The SMILES string of the molecule is C=CC[C@H]1C(=O)C(C)(C)[C@@H](O)CC(=O)O[C@H](/C(F)=C/c2ccccn2)C/C=C(/C)CCO[C@H](C)[C@H]1O. The number of aliphatic hydroxyl groups excluding tert-OH is 2. The van der Waals surface area contributed by atoms with Gasteiger partial charge < -0.3 is 19.7 Å². The number of ether oxygens (including phenoxy) is 2. The second-order valence-corrected chi connectivity index (χ2v) is 9.80. The number of ketones is 1. The second-order valence-electron chi connectivity index (χ2n) is 9.80. The Hall–Kier alpha value is -2.68. The summed E-state index contributed by atoms with van der Waals surface area (Å²) in [5.41, 5.74) is -0.131. The van der Waals surface area contributed by atoms with E-state index in [1.165, 1.54) is 32.2 Å². The third kappa shape index (κ3) is 8.18. The summed E-state index contributed by atoms with van der Waals surface area (Å²) in [7, 11) is 0. The van der Waals surface area contributed by atoms with Crippen LogP contribution in [0.2, 0.25) is 0 Å². The highest BCUT2D eigenvalue weighted by Crippen LogP contribution is 2.33. The molecule has 198 valence electrons. The van der Waals surface area contributed by atoms with E-state index in [9.17, 15) is 19.8 Å². The van der Waals surface area contributed by atoms with Gasteiger partial charge in [0.25, 0.3) is 0 Å². The number of aromatic nitrogens is 1. The van der Waals surface area contributed by atoms with Crippen molar-refractivity contribution in [1.29, 1.82) is 0 Å². The third-order valence-electron chi connectivity index (χ3n) is 6.59. The lowest BCUT2D eigenvalue weighted by atomic mass is 9.72. The first-order valence-corrected chi connectivity index (χ1v) is 12.2. The number of carbonyl (C=O) groups excluding carboxylic acids is 2. The zero-order valence-corrected chi connectivity index (χ0v) is 21.5. The number of Topliss-reactive ketones (excluding diaryl/α,β-unsaturated/α-hetero) is 1. The van der Waals surface area contributed by atoms with Crippen molar-refractivity contribution in [3.05, 3.63) is 60.2 Å². The maximum atomic E-state index is 15.1. The minimum Gasteiger partial charge on any atom is -0.455 e. The molecular weight excluding hydrogens is 465 g/mol. The monoisotopic (exact) mass is 503 g/mol. The number of rotatable bonds is 4. The predicted molar refractivity (Wildman–Crippen MR) is 135 cm³/mol. The van der Waals surface area contributed by atoms with Gasteiger partial charge in [0.05, 0.1) is 48.4 Å². The van der Waals surface area contributed by atoms with Crippen LogP contribution in [-0.2, 0) is 19.1 Å². The number of halogens is 1. The van der Waals surface area contributed by atoms with Gasteiger partial charge in [-0.15, -0.1) is 6.58 Å². The van der Waals surface area contributed by atoms with E-state index in [1.807, 2.05) is 6.92 Å². The van der Waals surface area contributed by atoms with Crippen molar-refractivity contribution in [2.24, 2.45) is 11.3 Å². The molecule has 0 saturated heterocycles. The number of carbonyl (C=O) groups is 2. The van der Waals surface area contributed by atoms with E-state index in [0.717, 1.165) is 5.57 Å². The minimum absolute atomic E-state index is 0.0742. The fourth-order valence-corrected chi connectivity index (χ4v) is 4.00. The number of hydrogen-bond donors (Lipinski definition) is 2. The van der Waals surface area contributed by atoms with Gasteiger partial charge in [0.2, 0.25) is 0 Å². The van der Waals surface area contributed by atoms with E-state index in [2.05, 4.69) is 11.6 Å². The Labute approximate surface area is 212 Å². The summed E-state index contributed by atoms with van der Waals surface area (Å²) >= 11 is 0. The van der Waals surface area contributed by atoms with E-state index in [4.69, 9.17) is 9.47 Å². The summed E-state index contributed by atoms with van der Waals surface area (Å²) < 4.78 is 26.4. The molecule has 0 amide bonds. The number of pyridine rings is 1. The Morgan fingerprint density at radius 1 is 1.31 bits per heavy atom. The van der Waals surface area contributed by atoms with Gasteiger partial charge in [0, 0.05) is 12.6 Å². The van der Waals surface area contributed by atoms with Crippen molar-refractivity contribution >= 4 is 17.8 Å². The van der Waals surface area contributed by atoms with Crippen molar-refractivity contribution in [3.8, 4) is 0 Å². The van der Waals surface area contributed by atoms with Gasteiger partial charge in [-0.05, 0) is 44.9 Å². The summed E-state index contributed by atoms with van der Waals surface area (Å²) in [6, 6.07) is 5.05. The van der Waals surface area contributed by atoms with E-state index in [-0.39, 0.29) is 19.4 Å². The molecule has 0 fully saturated rings. The molecule has 2 N–H and O–H groups in total. The maximum absolute atomic E-state index is 15.1. The Bertz CT molecular complexity index is 958. The molecule has 8 heteroatoms. The first-order valence-electron chi connectivity index (χ1n) is 12.2. The molecule has 0 aromatic carbocycles. The van der Waals surface area contributed by atoms with Crippen molar-refractivity contribution in [2.75, 3.05) is 6.61 Å². The summed E-state index contributed by atoms with van der Waals surface area (Å²) in [6.07, 6.45) is 1.87. The van der Waals surface area contributed by atoms with Gasteiger partial charge in [-0.25, -0.2) is 4.39 Å². The molecule has 36 heavy (non-hydrogen) atoms. The lowest BCUT2D eigenvalue weighted by Crippen LogP contribution is -2.48. The number of nitrogens with zero attached hydrogens (tertiary/aromatic N) is 1. The second kappa shape index (κ2) is 13.6. The van der Waals surface area contributed by atoms with Crippen LogP contribution in [0.15, 0.2) is 54.5 Å². The van der Waals surface area contributed by atoms with Crippen molar-refractivity contribution < 1.29 is 33.7 Å². The average Bonchev–Trinajstić information content (AvgIpc) is 2.84. The van der Waals surface area contributed by atoms with Crippen LogP contribution < -0.4 is 0 Å². The van der Waals surface area contributed by atoms with Crippen LogP contribution >= 0.6 is 0 Å². The summed E-state index contributed by atoms with van der Waals surface area (Å²) in [4.78, 5) is 30.2. The highest BCUT2D eigenvalue weighted by molar-refractivity contribution is 5.88. The molecule has 1 aromatic rings. The molecule has 0 unspecified atom stereocenters. The van der Waals surface area contributed by atoms with Crippen LogP contribution in [0.1, 0.15) is 59.1 Å². The average molecular weight is 504 g/mol. The minimum atomic E-state index is -1.41. The van der Waals surface area contributed by atoms with Crippen LogP contribution in [0.3, 0.4) is 0 Å². The standard InChI is InChI=1S/C28H38FNO6/c1-6-9-21-26(33)19(3)35-15-13-18(2)11-12-23(22(29)16-20-10-7-8-14-30-20)36-25(32)17-24(31)28(4,5)27(21)34/h6-8,10-11,14,16,19,21,23-24,26,31,33H,1,9,12-13,15,17H2,2-5H3/b18-11-,22-16-/t19-,21-,23+,24+,26-/m1/s1. The molecule has 0 radical (unpaired) electrons. The first-order chi connectivity index (χ1) is 17.0. The lowest BCUT2D eigenvalue weighted by molar-refractivity contribution is -0.155. The molecule has 2 heterocycles. The largest absolute Gasteiger partial charge is 0.455 e. The summed E-state index contributed by atoms with van der Waals surface area (Å²) in [5.74, 6) is -2.83. The number of esters is 1. The van der Waals surface area contributed by atoms with Crippen molar-refractivity contribution in [2.45, 2.75) is 77.8 Å². The highest BCUT2D eigenvalue weighted by atomic mass is 19.1. The molecule has 2 rings (SSSR count). The Morgan fingerprint density at radius 2 is 2.03 bits per heavy atom. The van der Waals surface area contributed by atoms with Gasteiger partial charge in [0.15, 0.2) is 6.10 Å². The molecule has 0 aliphatic carbocycles. The topological polar surface area (TPSA) is 106 Å². The number of cyclic esters (lactones) is 1. The fraction of sp³-hybridized carbons (Fsp3) is 0.536. The molecule has 1 aromatic heterocycles. The van der Waals surface area contributed by atoms with Crippen LogP contribution in [0.25, 0.3) is 6.08 Å². The molecule has 0 spiro atoms. The van der Waals surface area contributed by atoms with Crippen LogP contribution in [-0.4, -0.2) is 58.0 Å². The Balaban J connectivity index is 2.37. The molecule has 5 atom stereocenters. The normalized spacial score (nSPS) is 30.7. The van der Waals surface area contributed by atoms with Gasteiger partial charge in [-0.1, -0.05) is 37.6 Å². The van der Waals surface area contributed by atoms with E-state index in [0.29, 0.717) is 12.1 Å². The van der Waals surface area contributed by atoms with Crippen molar-refractivity contribution in [3.63, 3.8) is 0 Å². The zero-order chi connectivity index (χ0) is 26.9. The quantitative estimate of drug-likeness (QED) is 0.465. The van der Waals surface area contributed by atoms with E-state index in [1.54, 1.807) is 31.2 Å². The van der Waals surface area contributed by atoms with Gasteiger partial charge in [-0.3, -0.25) is 14.6 Å². The zero-order valence-electron chi connectivity index (χ0n) is 21.5. The smallest absolute Gasteiger partial charge is 0.309 e. The predicted octanol–water partition coefficient (Wildman–Crippen LogP) is 4.35. The molecule has 0 bridgehead atoms. The molecule has 7 nitrogen and oxygen atoms in total. The highest BCUT2D eigenvalue weighted by Gasteiger charge is 2.44. The Morgan fingerprint density at radius 3 is 2.67 bits per heavy atom. The summed E-state index contributed by atoms with van der Waals surface area (Å²) in [5, 5.41) is 21.7. The van der Waals surface area contributed by atoms with Gasteiger partial charge >= 0.3 is 5.97 Å². The molecule has 1 aliphatic heterocycles. The number of hydrogen-bond acceptors (Lipinski definition) is 7. The third-order valence-corrected chi connectivity index (χ3v) is 6.59. The van der Waals surface area contributed by atoms with E-state index >= 15 is 4.39 Å². The van der Waals surface area contributed by atoms with Crippen LogP contribution in [0.4, 0.5) is 4.39 Å². The fourth-order valence-electron chi connectivity index (χ4n) is 4.00. The molecular formula is C28H38FNO6. The van der Waals surface area contributed by atoms with Gasteiger partial charge in [0.1, 0.15) is 11.6 Å². The number of aliphatic hydroxyl groups is 2. The first kappa shape index (κ1) is 29.5. The molecule has 0 saturated carbocycles. The summed E-state index contributed by atoms with van der Waals surface area (Å²) in [6.45, 7) is 10.5. The van der Waals surface area contributed by atoms with Crippen molar-refractivity contribution in [1.82, 2.24) is 4.98 Å². The molecule has 1 aliphatic rings. The number of allylic oxidation sites excluding steroid dienone is 1. The lowest BCUT2D eigenvalue weighted by Gasteiger charge is -2.35. The Kier molecular flexibility index (Phi) is 11.1. The van der Waals surface area contributed by atoms with Gasteiger partial charge in [-0.2, -0.15) is 0 Å². The van der Waals surface area contributed by atoms with Crippen LogP contribution in [0.5, 0.6) is 0 Å².